The molecule has 20 heavy (non-hydrogen) atoms. The molecule has 0 unspecified atom stereocenters. The summed E-state index contributed by atoms with van der Waals surface area (Å²) in [5.41, 5.74) is 0.625. The van der Waals surface area contributed by atoms with Gasteiger partial charge in [-0.05, 0) is 30.9 Å². The normalized spacial score (nSPS) is 15.9. The Bertz CT molecular complexity index is 453. The second-order valence-corrected chi connectivity index (χ2v) is 5.83. The highest BCUT2D eigenvalue weighted by Crippen LogP contribution is 2.27. The maximum atomic E-state index is 11.8. The Morgan fingerprint density at radius 1 is 1.20 bits per heavy atom. The van der Waals surface area contributed by atoms with Crippen molar-refractivity contribution in [2.75, 3.05) is 19.0 Å². The summed E-state index contributed by atoms with van der Waals surface area (Å²) in [6.45, 7) is 0.731. The number of carbonyl (C=O) groups excluding carboxylic acids is 1. The van der Waals surface area contributed by atoms with Gasteiger partial charge in [0.15, 0.2) is 5.78 Å². The minimum absolute atomic E-state index is 0.0337. The molecule has 0 radical (unpaired) electrons. The third-order valence-electron chi connectivity index (χ3n) is 3.77. The van der Waals surface area contributed by atoms with E-state index in [-0.39, 0.29) is 5.78 Å². The van der Waals surface area contributed by atoms with E-state index in [9.17, 15) is 4.79 Å². The Labute approximate surface area is 128 Å². The van der Waals surface area contributed by atoms with E-state index in [2.05, 4.69) is 15.9 Å². The van der Waals surface area contributed by atoms with Crippen LogP contribution in [0.5, 0.6) is 11.5 Å². The van der Waals surface area contributed by atoms with Gasteiger partial charge in [0.25, 0.3) is 0 Å². The van der Waals surface area contributed by atoms with Crippen LogP contribution in [-0.4, -0.2) is 24.8 Å². The Morgan fingerprint density at radius 2 is 1.90 bits per heavy atom. The van der Waals surface area contributed by atoms with Crippen molar-refractivity contribution in [3.8, 4) is 11.5 Å². The van der Waals surface area contributed by atoms with E-state index < -0.39 is 0 Å². The molecule has 3 nitrogen and oxygen atoms in total. The lowest BCUT2D eigenvalue weighted by atomic mass is 9.90. The SMILES string of the molecule is COc1cc(OCC2CCCCC2)cc(C(=O)CBr)c1. The molecule has 4 heteroatoms. The summed E-state index contributed by atoms with van der Waals surface area (Å²) < 4.78 is 11.1. The predicted octanol–water partition coefficient (Wildman–Crippen LogP) is 4.23. The molecule has 1 aromatic rings. The molecule has 1 aliphatic rings. The molecule has 0 N–H and O–H groups in total. The zero-order valence-electron chi connectivity index (χ0n) is 11.9. The molecule has 1 saturated carbocycles. The molecule has 2 rings (SSSR count). The monoisotopic (exact) mass is 340 g/mol. The molecule has 0 saturated heterocycles. The van der Waals surface area contributed by atoms with Crippen molar-refractivity contribution in [3.05, 3.63) is 23.8 Å². The zero-order valence-corrected chi connectivity index (χ0v) is 13.4. The van der Waals surface area contributed by atoms with Crippen LogP contribution in [0.3, 0.4) is 0 Å². The summed E-state index contributed by atoms with van der Waals surface area (Å²) in [5.74, 6) is 2.06. The van der Waals surface area contributed by atoms with Crippen molar-refractivity contribution in [1.29, 1.82) is 0 Å². The van der Waals surface area contributed by atoms with Crippen molar-refractivity contribution in [1.82, 2.24) is 0 Å². The van der Waals surface area contributed by atoms with Gasteiger partial charge in [0, 0.05) is 11.6 Å². The van der Waals surface area contributed by atoms with Crippen LogP contribution < -0.4 is 9.47 Å². The number of halogens is 1. The Hall–Kier alpha value is -1.03. The van der Waals surface area contributed by atoms with Crippen molar-refractivity contribution in [2.45, 2.75) is 32.1 Å². The predicted molar refractivity (Wildman–Crippen MR) is 83.2 cm³/mol. The first-order chi connectivity index (χ1) is 9.72. The van der Waals surface area contributed by atoms with Crippen molar-refractivity contribution < 1.29 is 14.3 Å². The fourth-order valence-corrected chi connectivity index (χ4v) is 2.90. The van der Waals surface area contributed by atoms with Crippen LogP contribution in [0.25, 0.3) is 0 Å². The highest BCUT2D eigenvalue weighted by atomic mass is 79.9. The Balaban J connectivity index is 2.03. The maximum absolute atomic E-state index is 11.8. The van der Waals surface area contributed by atoms with Crippen molar-refractivity contribution >= 4 is 21.7 Å². The number of hydrogen-bond donors (Lipinski definition) is 0. The number of methoxy groups -OCH3 is 1. The molecule has 0 spiro atoms. The molecule has 0 aliphatic heterocycles. The van der Waals surface area contributed by atoms with E-state index in [0.717, 1.165) is 12.4 Å². The molecule has 0 heterocycles. The Morgan fingerprint density at radius 3 is 2.55 bits per heavy atom. The van der Waals surface area contributed by atoms with Crippen LogP contribution in [0.2, 0.25) is 0 Å². The average Bonchev–Trinajstić information content (AvgIpc) is 2.52. The highest BCUT2D eigenvalue weighted by molar-refractivity contribution is 9.09. The van der Waals surface area contributed by atoms with Crippen LogP contribution in [0.1, 0.15) is 42.5 Å². The molecule has 0 aromatic heterocycles. The lowest BCUT2D eigenvalue weighted by molar-refractivity contribution is 0.102. The minimum atomic E-state index is 0.0337. The highest BCUT2D eigenvalue weighted by Gasteiger charge is 2.15. The third-order valence-corrected chi connectivity index (χ3v) is 4.28. The van der Waals surface area contributed by atoms with Crippen LogP contribution in [0.15, 0.2) is 18.2 Å². The summed E-state index contributed by atoms with van der Waals surface area (Å²) in [7, 11) is 1.60. The number of rotatable bonds is 6. The van der Waals surface area contributed by atoms with E-state index >= 15 is 0 Å². The Kier molecular flexibility index (Phi) is 5.89. The summed E-state index contributed by atoms with van der Waals surface area (Å²) in [6, 6.07) is 5.39. The number of Topliss-reactive ketones (excluding diaryl/α,β-unsaturated/α-hetero) is 1. The lowest BCUT2D eigenvalue weighted by Gasteiger charge is -2.22. The third kappa shape index (κ3) is 4.23. The topological polar surface area (TPSA) is 35.5 Å². The van der Waals surface area contributed by atoms with Gasteiger partial charge in [-0.25, -0.2) is 0 Å². The fraction of sp³-hybridized carbons (Fsp3) is 0.562. The molecule has 110 valence electrons. The standard InChI is InChI=1S/C16H21BrO3/c1-19-14-7-13(16(18)10-17)8-15(9-14)20-11-12-5-3-2-4-6-12/h7-9,12H,2-6,10-11H2,1H3. The van der Waals surface area contributed by atoms with Gasteiger partial charge in [-0.2, -0.15) is 0 Å². The van der Waals surface area contributed by atoms with E-state index in [4.69, 9.17) is 9.47 Å². The quantitative estimate of drug-likeness (QED) is 0.574. The van der Waals surface area contributed by atoms with Gasteiger partial charge in [0.2, 0.25) is 0 Å². The zero-order chi connectivity index (χ0) is 14.4. The van der Waals surface area contributed by atoms with Crippen LogP contribution >= 0.6 is 15.9 Å². The fourth-order valence-electron chi connectivity index (χ4n) is 2.58. The van der Waals surface area contributed by atoms with Gasteiger partial charge in [-0.1, -0.05) is 35.2 Å². The van der Waals surface area contributed by atoms with Gasteiger partial charge in [-0.15, -0.1) is 0 Å². The summed E-state index contributed by atoms with van der Waals surface area (Å²) in [4.78, 5) is 11.8. The van der Waals surface area contributed by atoms with Gasteiger partial charge in [0.05, 0.1) is 19.0 Å². The average molecular weight is 341 g/mol. The summed E-state index contributed by atoms with van der Waals surface area (Å²) in [6.07, 6.45) is 6.45. The van der Waals surface area contributed by atoms with Crippen LogP contribution in [0, 0.1) is 5.92 Å². The molecule has 0 amide bonds. The molecular formula is C16H21BrO3. The van der Waals surface area contributed by atoms with Crippen LogP contribution in [0.4, 0.5) is 0 Å². The van der Waals surface area contributed by atoms with Gasteiger partial charge in [-0.3, -0.25) is 4.79 Å². The largest absolute Gasteiger partial charge is 0.497 e. The van der Waals surface area contributed by atoms with E-state index in [1.807, 2.05) is 6.07 Å². The number of ether oxygens (including phenoxy) is 2. The number of carbonyl (C=O) groups is 1. The van der Waals surface area contributed by atoms with E-state index in [1.165, 1.54) is 32.1 Å². The first kappa shape index (κ1) is 15.4. The molecule has 1 aliphatic carbocycles. The van der Waals surface area contributed by atoms with Crippen LogP contribution in [-0.2, 0) is 0 Å². The second kappa shape index (κ2) is 7.67. The second-order valence-electron chi connectivity index (χ2n) is 5.27. The van der Waals surface area contributed by atoms with Gasteiger partial charge < -0.3 is 9.47 Å². The minimum Gasteiger partial charge on any atom is -0.497 e. The number of ketones is 1. The van der Waals surface area contributed by atoms with E-state index in [1.54, 1.807) is 19.2 Å². The van der Waals surface area contributed by atoms with Crippen molar-refractivity contribution in [2.24, 2.45) is 5.92 Å². The lowest BCUT2D eigenvalue weighted by Crippen LogP contribution is -2.15. The molecule has 0 atom stereocenters. The van der Waals surface area contributed by atoms with Crippen molar-refractivity contribution in [3.63, 3.8) is 0 Å². The maximum Gasteiger partial charge on any atom is 0.173 e. The summed E-state index contributed by atoms with van der Waals surface area (Å²) in [5, 5.41) is 0.308. The molecule has 1 aromatic carbocycles. The summed E-state index contributed by atoms with van der Waals surface area (Å²) >= 11 is 3.19. The van der Waals surface area contributed by atoms with Gasteiger partial charge in [0.1, 0.15) is 11.5 Å². The number of benzene rings is 1. The first-order valence-corrected chi connectivity index (χ1v) is 8.26. The number of hydrogen-bond acceptors (Lipinski definition) is 3. The molecular weight excluding hydrogens is 320 g/mol. The number of alkyl halides is 1. The first-order valence-electron chi connectivity index (χ1n) is 7.14. The smallest absolute Gasteiger partial charge is 0.173 e. The molecule has 0 bridgehead atoms. The van der Waals surface area contributed by atoms with Gasteiger partial charge >= 0.3 is 0 Å². The van der Waals surface area contributed by atoms with E-state index in [0.29, 0.717) is 22.6 Å². The molecule has 1 fully saturated rings.